The van der Waals surface area contributed by atoms with Crippen molar-refractivity contribution in [2.45, 2.75) is 51.0 Å². The molecule has 0 bridgehead atoms. The van der Waals surface area contributed by atoms with E-state index in [1.807, 2.05) is 17.5 Å². The fourth-order valence-corrected chi connectivity index (χ4v) is 3.99. The Hall–Kier alpha value is -2.61. The summed E-state index contributed by atoms with van der Waals surface area (Å²) >= 11 is 1.37. The second-order valence-corrected chi connectivity index (χ2v) is 7.68. The highest BCUT2D eigenvalue weighted by Gasteiger charge is 2.16. The van der Waals surface area contributed by atoms with Crippen molar-refractivity contribution in [2.24, 2.45) is 0 Å². The fraction of sp³-hybridized carbons (Fsp3) is 0.450. The van der Waals surface area contributed by atoms with Gasteiger partial charge in [0.15, 0.2) is 5.13 Å². The summed E-state index contributed by atoms with van der Waals surface area (Å²) in [7, 11) is 1.57. The number of thiazole rings is 1. The van der Waals surface area contributed by atoms with Gasteiger partial charge in [0.1, 0.15) is 5.75 Å². The second kappa shape index (κ2) is 10.1. The van der Waals surface area contributed by atoms with Crippen molar-refractivity contribution in [3.63, 3.8) is 0 Å². The van der Waals surface area contributed by atoms with Gasteiger partial charge >= 0.3 is 6.03 Å². The van der Waals surface area contributed by atoms with Crippen LogP contribution >= 0.6 is 11.3 Å². The lowest BCUT2D eigenvalue weighted by molar-refractivity contribution is -0.116. The maximum Gasteiger partial charge on any atom is 0.321 e. The van der Waals surface area contributed by atoms with E-state index in [9.17, 15) is 9.59 Å². The minimum Gasteiger partial charge on any atom is -0.495 e. The molecule has 1 saturated carbocycles. The quantitative estimate of drug-likeness (QED) is 0.648. The zero-order valence-corrected chi connectivity index (χ0v) is 16.8. The Morgan fingerprint density at radius 2 is 1.96 bits per heavy atom. The highest BCUT2D eigenvalue weighted by atomic mass is 32.1. The number of methoxy groups -OCH3 is 1. The van der Waals surface area contributed by atoms with E-state index in [4.69, 9.17) is 4.74 Å². The summed E-state index contributed by atoms with van der Waals surface area (Å²) in [6.07, 6.45) is 6.47. The first-order valence-electron chi connectivity index (χ1n) is 9.59. The molecule has 3 rings (SSSR count). The molecule has 1 aromatic carbocycles. The molecular formula is C20H26N4O3S. The number of benzene rings is 1. The Morgan fingerprint density at radius 3 is 2.75 bits per heavy atom. The number of ether oxygens (including phenoxy) is 1. The number of rotatable bonds is 7. The molecule has 1 aliphatic rings. The molecule has 8 heteroatoms. The molecule has 0 atom stereocenters. The largest absolute Gasteiger partial charge is 0.495 e. The molecule has 1 aromatic heterocycles. The summed E-state index contributed by atoms with van der Waals surface area (Å²) < 4.78 is 5.23. The van der Waals surface area contributed by atoms with Gasteiger partial charge in [-0.3, -0.25) is 10.1 Å². The van der Waals surface area contributed by atoms with Crippen molar-refractivity contribution in [1.29, 1.82) is 0 Å². The molecule has 3 amide bonds. The number of carbonyl (C=O) groups is 2. The molecule has 0 radical (unpaired) electrons. The maximum atomic E-state index is 12.2. The van der Waals surface area contributed by atoms with Crippen molar-refractivity contribution in [3.05, 3.63) is 35.3 Å². The van der Waals surface area contributed by atoms with Gasteiger partial charge in [0, 0.05) is 17.8 Å². The van der Waals surface area contributed by atoms with E-state index in [1.54, 1.807) is 19.2 Å². The third-order valence-corrected chi connectivity index (χ3v) is 5.51. The Labute approximate surface area is 168 Å². The zero-order valence-electron chi connectivity index (χ0n) is 16.0. The number of carbonyl (C=O) groups excluding carboxylic acids is 2. The number of urea groups is 1. The van der Waals surface area contributed by atoms with E-state index in [-0.39, 0.29) is 18.0 Å². The molecule has 150 valence electrons. The normalized spacial score (nSPS) is 14.3. The molecule has 7 nitrogen and oxygen atoms in total. The van der Waals surface area contributed by atoms with Crippen LogP contribution in [0.4, 0.5) is 15.6 Å². The SMILES string of the molecule is COc1ccccc1NC(=O)CCc1csc(NC(=O)NC2CCCCC2)n1. The molecule has 1 fully saturated rings. The smallest absolute Gasteiger partial charge is 0.321 e. The summed E-state index contributed by atoms with van der Waals surface area (Å²) in [5, 5.41) is 11.1. The van der Waals surface area contributed by atoms with Gasteiger partial charge < -0.3 is 15.4 Å². The summed E-state index contributed by atoms with van der Waals surface area (Å²) in [5.41, 5.74) is 1.43. The summed E-state index contributed by atoms with van der Waals surface area (Å²) in [4.78, 5) is 28.7. The molecule has 1 aliphatic carbocycles. The van der Waals surface area contributed by atoms with Crippen LogP contribution in [-0.4, -0.2) is 30.1 Å². The summed E-state index contributed by atoms with van der Waals surface area (Å²) in [5.74, 6) is 0.516. The van der Waals surface area contributed by atoms with E-state index >= 15 is 0 Å². The summed E-state index contributed by atoms with van der Waals surface area (Å²) in [6.45, 7) is 0. The van der Waals surface area contributed by atoms with Crippen molar-refractivity contribution in [2.75, 3.05) is 17.7 Å². The highest BCUT2D eigenvalue weighted by Crippen LogP contribution is 2.23. The number of nitrogens with zero attached hydrogens (tertiary/aromatic N) is 1. The number of aromatic nitrogens is 1. The lowest BCUT2D eigenvalue weighted by atomic mass is 9.96. The van der Waals surface area contributed by atoms with Gasteiger partial charge in [0.25, 0.3) is 0 Å². The van der Waals surface area contributed by atoms with Gasteiger partial charge in [-0.2, -0.15) is 0 Å². The van der Waals surface area contributed by atoms with Crippen LogP contribution in [0.2, 0.25) is 0 Å². The predicted octanol–water partition coefficient (Wildman–Crippen LogP) is 4.18. The monoisotopic (exact) mass is 402 g/mol. The van der Waals surface area contributed by atoms with Crippen LogP contribution < -0.4 is 20.7 Å². The third kappa shape index (κ3) is 5.95. The van der Waals surface area contributed by atoms with Crippen LogP contribution in [0.1, 0.15) is 44.2 Å². The lowest BCUT2D eigenvalue weighted by Gasteiger charge is -2.22. The van der Waals surface area contributed by atoms with Gasteiger partial charge in [-0.15, -0.1) is 11.3 Å². The minimum atomic E-state index is -0.207. The molecule has 2 aromatic rings. The molecule has 1 heterocycles. The molecule has 3 N–H and O–H groups in total. The van der Waals surface area contributed by atoms with E-state index in [0.29, 0.717) is 29.4 Å². The number of hydrogen-bond acceptors (Lipinski definition) is 5. The van der Waals surface area contributed by atoms with Crippen molar-refractivity contribution >= 4 is 34.1 Å². The minimum absolute atomic E-state index is 0.109. The second-order valence-electron chi connectivity index (χ2n) is 6.83. The zero-order chi connectivity index (χ0) is 19.8. The van der Waals surface area contributed by atoms with Crippen LogP contribution in [0.15, 0.2) is 29.6 Å². The molecule has 0 aliphatic heterocycles. The molecule has 0 saturated heterocycles. The average molecular weight is 403 g/mol. The van der Waals surface area contributed by atoms with Gasteiger partial charge in [0.2, 0.25) is 5.91 Å². The van der Waals surface area contributed by atoms with E-state index in [2.05, 4.69) is 20.9 Å². The van der Waals surface area contributed by atoms with Crippen molar-refractivity contribution in [3.8, 4) is 5.75 Å². The van der Waals surface area contributed by atoms with Crippen LogP contribution in [0.5, 0.6) is 5.75 Å². The summed E-state index contributed by atoms with van der Waals surface area (Å²) in [6, 6.07) is 7.34. The van der Waals surface area contributed by atoms with Crippen molar-refractivity contribution < 1.29 is 14.3 Å². The highest BCUT2D eigenvalue weighted by molar-refractivity contribution is 7.13. The number of para-hydroxylation sites is 2. The number of anilines is 2. The van der Waals surface area contributed by atoms with Gasteiger partial charge in [0.05, 0.1) is 18.5 Å². The topological polar surface area (TPSA) is 92.4 Å². The average Bonchev–Trinajstić information content (AvgIpc) is 3.14. The Bertz CT molecular complexity index is 802. The molecular weight excluding hydrogens is 376 g/mol. The van der Waals surface area contributed by atoms with E-state index < -0.39 is 0 Å². The van der Waals surface area contributed by atoms with E-state index in [0.717, 1.165) is 18.5 Å². The lowest BCUT2D eigenvalue weighted by Crippen LogP contribution is -2.38. The van der Waals surface area contributed by atoms with Crippen molar-refractivity contribution in [1.82, 2.24) is 10.3 Å². The van der Waals surface area contributed by atoms with Gasteiger partial charge in [-0.25, -0.2) is 9.78 Å². The molecule has 28 heavy (non-hydrogen) atoms. The molecule has 0 unspecified atom stereocenters. The predicted molar refractivity (Wildman–Crippen MR) is 111 cm³/mol. The first-order valence-corrected chi connectivity index (χ1v) is 10.5. The first-order chi connectivity index (χ1) is 13.6. The van der Waals surface area contributed by atoms with Gasteiger partial charge in [-0.05, 0) is 31.4 Å². The van der Waals surface area contributed by atoms with Crippen LogP contribution in [0, 0.1) is 0 Å². The maximum absolute atomic E-state index is 12.2. The van der Waals surface area contributed by atoms with Crippen LogP contribution in [-0.2, 0) is 11.2 Å². The molecule has 0 spiro atoms. The van der Waals surface area contributed by atoms with Crippen LogP contribution in [0.3, 0.4) is 0 Å². The standard InChI is InChI=1S/C20H26N4O3S/c1-27-17-10-6-5-9-16(17)23-18(25)12-11-15-13-28-20(22-15)24-19(26)21-14-7-3-2-4-8-14/h5-6,9-10,13-14H,2-4,7-8,11-12H2,1H3,(H,23,25)(H2,21,22,24,26). The fourth-order valence-electron chi connectivity index (χ4n) is 3.25. The van der Waals surface area contributed by atoms with Crippen LogP contribution in [0.25, 0.3) is 0 Å². The number of amides is 3. The number of hydrogen-bond donors (Lipinski definition) is 3. The number of nitrogens with one attached hydrogen (secondary N) is 3. The Kier molecular flexibility index (Phi) is 7.25. The number of aryl methyl sites for hydroxylation is 1. The first kappa shape index (κ1) is 20.1. The Morgan fingerprint density at radius 1 is 1.18 bits per heavy atom. The third-order valence-electron chi connectivity index (χ3n) is 4.70. The van der Waals surface area contributed by atoms with E-state index in [1.165, 1.54) is 30.6 Å². The van der Waals surface area contributed by atoms with Gasteiger partial charge in [-0.1, -0.05) is 31.4 Å². The Balaban J connectivity index is 1.43.